The molecule has 0 spiro atoms. The van der Waals surface area contributed by atoms with Gasteiger partial charge in [0, 0.05) is 15.1 Å². The largest absolute Gasteiger partial charge is 0.478 e. The number of rotatable bonds is 2. The van der Waals surface area contributed by atoms with Crippen LogP contribution in [0.5, 0.6) is 0 Å². The second-order valence-corrected chi connectivity index (χ2v) is 5.54. The summed E-state index contributed by atoms with van der Waals surface area (Å²) in [5.74, 6) is -0.310. The third-order valence-corrected chi connectivity index (χ3v) is 3.76. The highest BCUT2D eigenvalue weighted by molar-refractivity contribution is 9.10. The minimum Gasteiger partial charge on any atom is -0.478 e. The maximum atomic E-state index is 11.0. The lowest BCUT2D eigenvalue weighted by molar-refractivity contribution is 0.0697. The molecule has 1 heterocycles. The number of halogens is 2. The topological polar surface area (TPSA) is 66.0 Å². The van der Waals surface area contributed by atoms with Crippen molar-refractivity contribution in [3.63, 3.8) is 0 Å². The molecule has 2 N–H and O–H groups in total. The Labute approximate surface area is 127 Å². The Bertz CT molecular complexity index is 812. The molecule has 0 radical (unpaired) electrons. The molecule has 1 aromatic heterocycles. The lowest BCUT2D eigenvalue weighted by atomic mass is 10.2. The van der Waals surface area contributed by atoms with E-state index in [1.165, 1.54) is 6.07 Å². The number of H-pyrrole nitrogens is 1. The fourth-order valence-electron chi connectivity index (χ4n) is 1.94. The SMILES string of the molecule is O=C(O)c1cc(Br)c2nc(-c3ccc(Cl)cc3)[nH]c2c1. The molecule has 6 heteroatoms. The zero-order valence-electron chi connectivity index (χ0n) is 10.0. The van der Waals surface area contributed by atoms with Crippen molar-refractivity contribution in [3.8, 4) is 11.4 Å². The van der Waals surface area contributed by atoms with Gasteiger partial charge in [0.1, 0.15) is 11.3 Å². The molecule has 0 amide bonds. The Morgan fingerprint density at radius 1 is 1.25 bits per heavy atom. The molecule has 3 aromatic rings. The van der Waals surface area contributed by atoms with Gasteiger partial charge in [-0.1, -0.05) is 11.6 Å². The van der Waals surface area contributed by atoms with E-state index < -0.39 is 5.97 Å². The second kappa shape index (κ2) is 4.92. The summed E-state index contributed by atoms with van der Waals surface area (Å²) < 4.78 is 0.642. The molecular formula is C14H8BrClN2O2. The fraction of sp³-hybridized carbons (Fsp3) is 0. The van der Waals surface area contributed by atoms with E-state index in [9.17, 15) is 4.79 Å². The van der Waals surface area contributed by atoms with E-state index in [1.54, 1.807) is 18.2 Å². The number of nitrogens with zero attached hydrogens (tertiary/aromatic N) is 1. The number of carboxylic acids is 1. The van der Waals surface area contributed by atoms with Crippen molar-refractivity contribution in [1.82, 2.24) is 9.97 Å². The number of carbonyl (C=O) groups is 1. The average molecular weight is 352 g/mol. The van der Waals surface area contributed by atoms with Gasteiger partial charge in [0.15, 0.2) is 0 Å². The van der Waals surface area contributed by atoms with Crippen LogP contribution in [0.4, 0.5) is 0 Å². The van der Waals surface area contributed by atoms with E-state index in [4.69, 9.17) is 16.7 Å². The Kier molecular flexibility index (Phi) is 3.23. The summed E-state index contributed by atoms with van der Waals surface area (Å²) in [4.78, 5) is 18.6. The number of nitrogens with one attached hydrogen (secondary N) is 1. The second-order valence-electron chi connectivity index (χ2n) is 4.25. The molecule has 20 heavy (non-hydrogen) atoms. The summed E-state index contributed by atoms with van der Waals surface area (Å²) in [6.45, 7) is 0. The molecule has 0 aliphatic rings. The first kappa shape index (κ1) is 13.1. The molecule has 0 saturated carbocycles. The van der Waals surface area contributed by atoms with Crippen molar-refractivity contribution < 1.29 is 9.90 Å². The predicted octanol–water partition coefficient (Wildman–Crippen LogP) is 4.34. The van der Waals surface area contributed by atoms with Crippen LogP contribution >= 0.6 is 27.5 Å². The van der Waals surface area contributed by atoms with E-state index in [1.807, 2.05) is 12.1 Å². The first-order valence-corrected chi connectivity index (χ1v) is 6.90. The fourth-order valence-corrected chi connectivity index (χ4v) is 2.62. The van der Waals surface area contributed by atoms with Crippen LogP contribution in [-0.4, -0.2) is 21.0 Å². The molecule has 100 valence electrons. The summed E-state index contributed by atoms with van der Waals surface area (Å²) >= 11 is 9.20. The third-order valence-electron chi connectivity index (χ3n) is 2.90. The van der Waals surface area contributed by atoms with Gasteiger partial charge in [-0.05, 0) is 52.3 Å². The van der Waals surface area contributed by atoms with Gasteiger partial charge in [-0.3, -0.25) is 0 Å². The zero-order valence-corrected chi connectivity index (χ0v) is 12.4. The van der Waals surface area contributed by atoms with Gasteiger partial charge in [0.2, 0.25) is 0 Å². The van der Waals surface area contributed by atoms with Crippen molar-refractivity contribution in [1.29, 1.82) is 0 Å². The number of aromatic carboxylic acids is 1. The molecule has 0 aliphatic heterocycles. The van der Waals surface area contributed by atoms with Crippen molar-refractivity contribution >= 4 is 44.5 Å². The minimum atomic E-state index is -0.977. The van der Waals surface area contributed by atoms with Gasteiger partial charge in [-0.25, -0.2) is 9.78 Å². The molecule has 0 atom stereocenters. The van der Waals surface area contributed by atoms with E-state index in [2.05, 4.69) is 25.9 Å². The molecule has 0 saturated heterocycles. The van der Waals surface area contributed by atoms with Crippen molar-refractivity contribution in [2.24, 2.45) is 0 Å². The standard InChI is InChI=1S/C14H8BrClN2O2/c15-10-5-8(14(19)20)6-11-12(10)18-13(17-11)7-1-3-9(16)4-2-7/h1-6H,(H,17,18)(H,19,20). The van der Waals surface area contributed by atoms with Crippen molar-refractivity contribution in [2.75, 3.05) is 0 Å². The number of carboxylic acid groups (broad SMARTS) is 1. The van der Waals surface area contributed by atoms with Gasteiger partial charge >= 0.3 is 5.97 Å². The first-order valence-electron chi connectivity index (χ1n) is 5.73. The number of aromatic amines is 1. The lowest BCUT2D eigenvalue weighted by Gasteiger charge is -1.96. The summed E-state index contributed by atoms with van der Waals surface area (Å²) in [5.41, 5.74) is 2.45. The highest BCUT2D eigenvalue weighted by atomic mass is 79.9. The van der Waals surface area contributed by atoms with Gasteiger partial charge in [0.05, 0.1) is 11.1 Å². The van der Waals surface area contributed by atoms with E-state index in [0.717, 1.165) is 5.56 Å². The first-order chi connectivity index (χ1) is 9.54. The predicted molar refractivity (Wildman–Crippen MR) is 81.2 cm³/mol. The van der Waals surface area contributed by atoms with Crippen LogP contribution in [0.15, 0.2) is 40.9 Å². The van der Waals surface area contributed by atoms with Crippen LogP contribution in [0.25, 0.3) is 22.4 Å². The zero-order chi connectivity index (χ0) is 14.3. The van der Waals surface area contributed by atoms with Crippen LogP contribution < -0.4 is 0 Å². The summed E-state index contributed by atoms with van der Waals surface area (Å²) in [7, 11) is 0. The van der Waals surface area contributed by atoms with Gasteiger partial charge in [0.25, 0.3) is 0 Å². The van der Waals surface area contributed by atoms with E-state index >= 15 is 0 Å². The Morgan fingerprint density at radius 2 is 1.95 bits per heavy atom. The van der Waals surface area contributed by atoms with Crippen LogP contribution in [0, 0.1) is 0 Å². The monoisotopic (exact) mass is 350 g/mol. The average Bonchev–Trinajstić information content (AvgIpc) is 2.84. The maximum Gasteiger partial charge on any atom is 0.335 e. The van der Waals surface area contributed by atoms with Crippen molar-refractivity contribution in [2.45, 2.75) is 0 Å². The van der Waals surface area contributed by atoms with Crippen LogP contribution in [0.3, 0.4) is 0 Å². The molecule has 0 aliphatic carbocycles. The molecule has 2 aromatic carbocycles. The third kappa shape index (κ3) is 2.30. The Hall–Kier alpha value is -1.85. The van der Waals surface area contributed by atoms with Gasteiger partial charge in [-0.2, -0.15) is 0 Å². The van der Waals surface area contributed by atoms with Crippen molar-refractivity contribution in [3.05, 3.63) is 51.5 Å². The van der Waals surface area contributed by atoms with E-state index in [-0.39, 0.29) is 5.56 Å². The number of benzene rings is 2. The van der Waals surface area contributed by atoms with Gasteiger partial charge in [-0.15, -0.1) is 0 Å². The highest BCUT2D eigenvalue weighted by Gasteiger charge is 2.12. The minimum absolute atomic E-state index is 0.204. The number of hydrogen-bond donors (Lipinski definition) is 2. The number of imidazole rings is 1. The normalized spacial score (nSPS) is 10.9. The Balaban J connectivity index is 2.17. The number of aromatic nitrogens is 2. The lowest BCUT2D eigenvalue weighted by Crippen LogP contribution is -1.95. The molecule has 0 unspecified atom stereocenters. The molecule has 0 fully saturated rings. The van der Waals surface area contributed by atoms with Crippen LogP contribution in [0.2, 0.25) is 5.02 Å². The quantitative estimate of drug-likeness (QED) is 0.721. The Morgan fingerprint density at radius 3 is 2.60 bits per heavy atom. The summed E-state index contributed by atoms with van der Waals surface area (Å²) in [5, 5.41) is 9.71. The molecular weight excluding hydrogens is 344 g/mol. The maximum absolute atomic E-state index is 11.0. The molecule has 0 bridgehead atoms. The number of fused-ring (bicyclic) bond motifs is 1. The van der Waals surface area contributed by atoms with E-state index in [0.29, 0.717) is 26.4 Å². The number of hydrogen-bond acceptors (Lipinski definition) is 2. The summed E-state index contributed by atoms with van der Waals surface area (Å²) in [6, 6.07) is 10.4. The van der Waals surface area contributed by atoms with Gasteiger partial charge < -0.3 is 10.1 Å². The highest BCUT2D eigenvalue weighted by Crippen LogP contribution is 2.28. The molecule has 4 nitrogen and oxygen atoms in total. The van der Waals surface area contributed by atoms with Crippen LogP contribution in [0.1, 0.15) is 10.4 Å². The molecule has 3 rings (SSSR count). The summed E-state index contributed by atoms with van der Waals surface area (Å²) in [6.07, 6.45) is 0. The van der Waals surface area contributed by atoms with Crippen LogP contribution in [-0.2, 0) is 0 Å². The smallest absolute Gasteiger partial charge is 0.335 e.